The van der Waals surface area contributed by atoms with Crippen molar-refractivity contribution < 1.29 is 9.90 Å². The van der Waals surface area contributed by atoms with E-state index in [2.05, 4.69) is 4.98 Å². The number of carboxylic acids is 1. The molecule has 0 aliphatic heterocycles. The molecule has 0 atom stereocenters. The van der Waals surface area contributed by atoms with Crippen molar-refractivity contribution in [2.24, 2.45) is 7.05 Å². The molecular weight excluding hydrogens is 204 g/mol. The Morgan fingerprint density at radius 1 is 1.64 bits per heavy atom. The molecule has 0 fully saturated rings. The monoisotopic (exact) mass is 210 g/mol. The van der Waals surface area contributed by atoms with Gasteiger partial charge in [0.1, 0.15) is 5.69 Å². The normalized spacial score (nSPS) is 10.7. The zero-order chi connectivity index (χ0) is 10.3. The summed E-state index contributed by atoms with van der Waals surface area (Å²) in [5.41, 5.74) is 0.849. The third kappa shape index (κ3) is 1.15. The lowest BCUT2D eigenvalue weighted by Gasteiger charge is -1.99. The number of rotatable bonds is 1. The maximum Gasteiger partial charge on any atom is 0.352 e. The third-order valence-corrected chi connectivity index (χ3v) is 2.40. The van der Waals surface area contributed by atoms with Crippen molar-refractivity contribution in [2.45, 2.75) is 0 Å². The van der Waals surface area contributed by atoms with Crippen molar-refractivity contribution in [1.29, 1.82) is 0 Å². The van der Waals surface area contributed by atoms with Gasteiger partial charge in [0.25, 0.3) is 0 Å². The lowest BCUT2D eigenvalue weighted by molar-refractivity contribution is 0.0687. The number of hydrogen-bond donors (Lipinski definition) is 1. The molecule has 2 heterocycles. The molecule has 0 saturated carbocycles. The van der Waals surface area contributed by atoms with Gasteiger partial charge in [-0.15, -0.1) is 0 Å². The van der Waals surface area contributed by atoms with Crippen molar-refractivity contribution in [3.63, 3.8) is 0 Å². The minimum atomic E-state index is -0.972. The predicted molar refractivity (Wildman–Crippen MR) is 52.7 cm³/mol. The van der Waals surface area contributed by atoms with Crippen LogP contribution in [0, 0.1) is 0 Å². The van der Waals surface area contributed by atoms with E-state index < -0.39 is 5.97 Å². The van der Waals surface area contributed by atoms with Crippen molar-refractivity contribution in [1.82, 2.24) is 9.55 Å². The Kier molecular flexibility index (Phi) is 1.93. The molecule has 5 heteroatoms. The van der Waals surface area contributed by atoms with Gasteiger partial charge in [-0.2, -0.15) is 0 Å². The number of carbonyl (C=O) groups is 1. The summed E-state index contributed by atoms with van der Waals surface area (Å²) in [6, 6.07) is 3.30. The van der Waals surface area contributed by atoms with Gasteiger partial charge in [0.15, 0.2) is 5.15 Å². The highest BCUT2D eigenvalue weighted by Gasteiger charge is 2.13. The molecule has 0 amide bonds. The average Bonchev–Trinajstić information content (AvgIpc) is 2.45. The molecular formula is C9H7ClN2O2. The van der Waals surface area contributed by atoms with E-state index in [9.17, 15) is 4.79 Å². The van der Waals surface area contributed by atoms with E-state index >= 15 is 0 Å². The van der Waals surface area contributed by atoms with E-state index in [1.54, 1.807) is 25.4 Å². The van der Waals surface area contributed by atoms with E-state index in [0.717, 1.165) is 5.39 Å². The molecule has 0 aliphatic carbocycles. The first kappa shape index (κ1) is 9.02. The fraction of sp³-hybridized carbons (Fsp3) is 0.111. The van der Waals surface area contributed by atoms with Crippen LogP contribution in [-0.2, 0) is 7.05 Å². The van der Waals surface area contributed by atoms with Crippen LogP contribution in [0.3, 0.4) is 0 Å². The van der Waals surface area contributed by atoms with Crippen molar-refractivity contribution in [3.05, 3.63) is 29.2 Å². The summed E-state index contributed by atoms with van der Waals surface area (Å²) in [5.74, 6) is -0.972. The van der Waals surface area contributed by atoms with Crippen LogP contribution in [0.2, 0.25) is 5.15 Å². The maximum atomic E-state index is 10.8. The molecule has 0 spiro atoms. The molecule has 14 heavy (non-hydrogen) atoms. The Morgan fingerprint density at radius 2 is 2.36 bits per heavy atom. The first-order valence-electron chi connectivity index (χ1n) is 3.94. The van der Waals surface area contributed by atoms with Gasteiger partial charge in [-0.05, 0) is 12.1 Å². The first-order chi connectivity index (χ1) is 6.61. The Morgan fingerprint density at radius 3 is 2.93 bits per heavy atom. The van der Waals surface area contributed by atoms with E-state index in [-0.39, 0.29) is 5.69 Å². The Labute approximate surface area is 84.7 Å². The lowest BCUT2D eigenvalue weighted by atomic mass is 10.3. The number of hydrogen-bond acceptors (Lipinski definition) is 2. The number of halogens is 1. The molecule has 72 valence electrons. The minimum Gasteiger partial charge on any atom is -0.477 e. The highest BCUT2D eigenvalue weighted by molar-refractivity contribution is 6.34. The highest BCUT2D eigenvalue weighted by Crippen LogP contribution is 2.23. The zero-order valence-corrected chi connectivity index (χ0v) is 8.12. The molecule has 2 aromatic rings. The summed E-state index contributed by atoms with van der Waals surface area (Å²) in [4.78, 5) is 14.7. The zero-order valence-electron chi connectivity index (χ0n) is 7.36. The second-order valence-electron chi connectivity index (χ2n) is 2.93. The van der Waals surface area contributed by atoms with Crippen LogP contribution in [0.1, 0.15) is 10.5 Å². The number of fused-ring (bicyclic) bond motifs is 1. The SMILES string of the molecule is Cn1c(C(=O)O)cc2ccnc(Cl)c21. The smallest absolute Gasteiger partial charge is 0.352 e. The van der Waals surface area contributed by atoms with Crippen LogP contribution < -0.4 is 0 Å². The second kappa shape index (κ2) is 2.99. The summed E-state index contributed by atoms with van der Waals surface area (Å²) >= 11 is 5.86. The lowest BCUT2D eigenvalue weighted by Crippen LogP contribution is -2.03. The van der Waals surface area contributed by atoms with Crippen LogP contribution in [0.4, 0.5) is 0 Å². The first-order valence-corrected chi connectivity index (χ1v) is 4.32. The van der Waals surface area contributed by atoms with E-state index in [4.69, 9.17) is 16.7 Å². The predicted octanol–water partition coefficient (Wildman–Crippen LogP) is 1.92. The molecule has 1 N–H and O–H groups in total. The van der Waals surface area contributed by atoms with Crippen LogP contribution in [-0.4, -0.2) is 20.6 Å². The fourth-order valence-corrected chi connectivity index (χ4v) is 1.75. The van der Waals surface area contributed by atoms with Gasteiger partial charge in [-0.1, -0.05) is 11.6 Å². The molecule has 0 saturated heterocycles. The Bertz CT molecular complexity index is 519. The van der Waals surface area contributed by atoms with Crippen LogP contribution in [0.5, 0.6) is 0 Å². The van der Waals surface area contributed by atoms with E-state index in [1.165, 1.54) is 4.57 Å². The van der Waals surface area contributed by atoms with Crippen LogP contribution in [0.15, 0.2) is 18.3 Å². The van der Waals surface area contributed by atoms with Crippen molar-refractivity contribution in [2.75, 3.05) is 0 Å². The average molecular weight is 211 g/mol. The Balaban J connectivity index is 2.87. The molecule has 4 nitrogen and oxygen atoms in total. The molecule has 2 aromatic heterocycles. The number of aromatic nitrogens is 2. The topological polar surface area (TPSA) is 55.1 Å². The molecule has 0 radical (unpaired) electrons. The van der Waals surface area contributed by atoms with Gasteiger partial charge in [-0.25, -0.2) is 9.78 Å². The maximum absolute atomic E-state index is 10.8. The highest BCUT2D eigenvalue weighted by atomic mass is 35.5. The van der Waals surface area contributed by atoms with Crippen LogP contribution >= 0.6 is 11.6 Å². The van der Waals surface area contributed by atoms with Gasteiger partial charge >= 0.3 is 5.97 Å². The number of aryl methyl sites for hydroxylation is 1. The molecule has 0 unspecified atom stereocenters. The molecule has 0 aliphatic rings. The standard InChI is InChI=1S/C9H7ClN2O2/c1-12-6(9(13)14)4-5-2-3-11-8(10)7(5)12/h2-4H,1H3,(H,13,14). The number of pyridine rings is 1. The van der Waals surface area contributed by atoms with Gasteiger partial charge in [0, 0.05) is 18.6 Å². The largest absolute Gasteiger partial charge is 0.477 e. The van der Waals surface area contributed by atoms with Gasteiger partial charge in [-0.3, -0.25) is 0 Å². The number of nitrogens with zero attached hydrogens (tertiary/aromatic N) is 2. The summed E-state index contributed by atoms with van der Waals surface area (Å²) in [6.07, 6.45) is 1.55. The van der Waals surface area contributed by atoms with Gasteiger partial charge in [0.05, 0.1) is 5.52 Å². The number of aromatic carboxylic acids is 1. The fourth-order valence-electron chi connectivity index (χ4n) is 1.46. The quantitative estimate of drug-likeness (QED) is 0.732. The third-order valence-electron chi connectivity index (χ3n) is 2.12. The summed E-state index contributed by atoms with van der Waals surface area (Å²) in [7, 11) is 1.65. The van der Waals surface area contributed by atoms with E-state index in [1.807, 2.05) is 0 Å². The molecule has 0 bridgehead atoms. The van der Waals surface area contributed by atoms with Crippen LogP contribution in [0.25, 0.3) is 10.9 Å². The number of carboxylic acid groups (broad SMARTS) is 1. The summed E-state index contributed by atoms with van der Waals surface area (Å²) < 4.78 is 1.52. The minimum absolute atomic E-state index is 0.204. The van der Waals surface area contributed by atoms with Crippen molar-refractivity contribution in [3.8, 4) is 0 Å². The van der Waals surface area contributed by atoms with Gasteiger partial charge in [0.2, 0.25) is 0 Å². The summed E-state index contributed by atoms with van der Waals surface area (Å²) in [6.45, 7) is 0. The Hall–Kier alpha value is -1.55. The van der Waals surface area contributed by atoms with E-state index in [0.29, 0.717) is 10.7 Å². The van der Waals surface area contributed by atoms with Gasteiger partial charge < -0.3 is 9.67 Å². The van der Waals surface area contributed by atoms with Crippen molar-refractivity contribution >= 4 is 28.5 Å². The second-order valence-corrected chi connectivity index (χ2v) is 3.29. The molecule has 0 aromatic carbocycles. The summed E-state index contributed by atoms with van der Waals surface area (Å²) in [5, 5.41) is 9.97. The molecule has 2 rings (SSSR count).